The van der Waals surface area contributed by atoms with Gasteiger partial charge >= 0.3 is 5.97 Å². The van der Waals surface area contributed by atoms with Gasteiger partial charge in [-0.25, -0.2) is 9.78 Å². The molecule has 106 valence electrons. The van der Waals surface area contributed by atoms with E-state index >= 15 is 0 Å². The Bertz CT molecular complexity index is 617. The molecule has 0 saturated heterocycles. The maximum atomic E-state index is 11.0. The van der Waals surface area contributed by atoms with Crippen LogP contribution in [0.5, 0.6) is 5.75 Å². The Hall–Kier alpha value is -2.30. The predicted octanol–water partition coefficient (Wildman–Crippen LogP) is 3.05. The van der Waals surface area contributed by atoms with Crippen molar-refractivity contribution in [1.29, 1.82) is 0 Å². The number of ether oxygens (including phenoxy) is 1. The number of carboxylic acid groups (broad SMARTS) is 1. The van der Waals surface area contributed by atoms with Gasteiger partial charge in [0, 0.05) is 12.2 Å². The van der Waals surface area contributed by atoms with Crippen LogP contribution in [0, 0.1) is 6.92 Å². The highest BCUT2D eigenvalue weighted by atomic mass is 16.5. The molecule has 2 rings (SSSR count). The molecular weight excluding hydrogens is 256 g/mol. The minimum absolute atomic E-state index is 0.0436. The molecule has 0 saturated carbocycles. The molecule has 0 radical (unpaired) electrons. The van der Waals surface area contributed by atoms with E-state index in [4.69, 9.17) is 9.84 Å². The molecule has 1 heterocycles. The second-order valence-corrected chi connectivity index (χ2v) is 4.90. The molecule has 5 heteroatoms. The molecule has 1 aromatic heterocycles. The second-order valence-electron chi connectivity index (χ2n) is 4.90. The number of para-hydroxylation sites is 1. The van der Waals surface area contributed by atoms with Crippen molar-refractivity contribution in [3.63, 3.8) is 0 Å². The van der Waals surface area contributed by atoms with Gasteiger partial charge in [-0.1, -0.05) is 18.2 Å². The number of aromatic nitrogens is 2. The fourth-order valence-corrected chi connectivity index (χ4v) is 1.95. The number of carbonyl (C=O) groups is 1. The highest BCUT2D eigenvalue weighted by Crippen LogP contribution is 2.19. The first kappa shape index (κ1) is 14.1. The Morgan fingerprint density at radius 3 is 2.70 bits per heavy atom. The van der Waals surface area contributed by atoms with E-state index in [1.54, 1.807) is 6.20 Å². The summed E-state index contributed by atoms with van der Waals surface area (Å²) >= 11 is 0. The lowest BCUT2D eigenvalue weighted by Crippen LogP contribution is -2.08. The number of rotatable bonds is 5. The third-order valence-corrected chi connectivity index (χ3v) is 3.03. The van der Waals surface area contributed by atoms with Crippen molar-refractivity contribution in [1.82, 2.24) is 9.55 Å². The molecule has 0 aliphatic carbocycles. The number of nitrogens with zero attached hydrogens (tertiary/aromatic N) is 2. The van der Waals surface area contributed by atoms with Crippen LogP contribution in [0.15, 0.2) is 30.5 Å². The Morgan fingerprint density at radius 1 is 1.40 bits per heavy atom. The molecule has 0 aliphatic rings. The molecule has 0 amide bonds. The van der Waals surface area contributed by atoms with E-state index in [0.29, 0.717) is 5.82 Å². The molecule has 20 heavy (non-hydrogen) atoms. The molecule has 5 nitrogen and oxygen atoms in total. The zero-order valence-electron chi connectivity index (χ0n) is 11.8. The van der Waals surface area contributed by atoms with E-state index in [0.717, 1.165) is 11.3 Å². The molecule has 0 spiro atoms. The van der Waals surface area contributed by atoms with Gasteiger partial charge in [0.2, 0.25) is 0 Å². The first-order valence-electron chi connectivity index (χ1n) is 6.48. The van der Waals surface area contributed by atoms with Gasteiger partial charge in [0.05, 0.1) is 0 Å². The Balaban J connectivity index is 2.20. The molecule has 1 N–H and O–H groups in total. The lowest BCUT2D eigenvalue weighted by molar-refractivity contribution is 0.0690. The average Bonchev–Trinajstić information content (AvgIpc) is 2.82. The maximum Gasteiger partial charge on any atom is 0.356 e. The van der Waals surface area contributed by atoms with Crippen molar-refractivity contribution in [3.05, 3.63) is 47.5 Å². The molecule has 0 atom stereocenters. The first-order chi connectivity index (χ1) is 9.49. The SMILES string of the molecule is Cc1ccccc1OCc1nc(C(=O)O)cn1C(C)C. The van der Waals surface area contributed by atoms with Crippen molar-refractivity contribution in [2.45, 2.75) is 33.4 Å². The fourth-order valence-electron chi connectivity index (χ4n) is 1.95. The third kappa shape index (κ3) is 2.99. The van der Waals surface area contributed by atoms with Crippen LogP contribution >= 0.6 is 0 Å². The smallest absolute Gasteiger partial charge is 0.356 e. The number of aryl methyl sites for hydroxylation is 1. The van der Waals surface area contributed by atoms with E-state index in [1.807, 2.05) is 49.6 Å². The number of aromatic carboxylic acids is 1. The fraction of sp³-hybridized carbons (Fsp3) is 0.333. The summed E-state index contributed by atoms with van der Waals surface area (Å²) in [5.74, 6) is 0.366. The zero-order valence-corrected chi connectivity index (χ0v) is 11.8. The molecule has 2 aromatic rings. The van der Waals surface area contributed by atoms with Gasteiger partial charge in [-0.2, -0.15) is 0 Å². The normalized spacial score (nSPS) is 10.8. The van der Waals surface area contributed by atoms with Crippen LogP contribution < -0.4 is 4.74 Å². The Morgan fingerprint density at radius 2 is 2.10 bits per heavy atom. The number of carboxylic acids is 1. The van der Waals surface area contributed by atoms with Crippen LogP contribution in [0.2, 0.25) is 0 Å². The largest absolute Gasteiger partial charge is 0.485 e. The van der Waals surface area contributed by atoms with Crippen molar-refractivity contribution >= 4 is 5.97 Å². The highest BCUT2D eigenvalue weighted by Gasteiger charge is 2.15. The lowest BCUT2D eigenvalue weighted by atomic mass is 10.2. The van der Waals surface area contributed by atoms with Crippen LogP contribution in [0.1, 0.15) is 41.8 Å². The summed E-state index contributed by atoms with van der Waals surface area (Å²) in [6.07, 6.45) is 1.55. The second kappa shape index (κ2) is 5.77. The van der Waals surface area contributed by atoms with Crippen LogP contribution in [0.4, 0.5) is 0 Å². The van der Waals surface area contributed by atoms with Crippen LogP contribution in [-0.4, -0.2) is 20.6 Å². The average molecular weight is 274 g/mol. The van der Waals surface area contributed by atoms with Gasteiger partial charge in [-0.05, 0) is 32.4 Å². The number of benzene rings is 1. The summed E-state index contributed by atoms with van der Waals surface area (Å²) in [5.41, 5.74) is 1.08. The Kier molecular flexibility index (Phi) is 4.08. The van der Waals surface area contributed by atoms with Crippen molar-refractivity contribution in [2.75, 3.05) is 0 Å². The van der Waals surface area contributed by atoms with Crippen molar-refractivity contribution < 1.29 is 14.6 Å². The molecule has 0 bridgehead atoms. The van der Waals surface area contributed by atoms with E-state index in [1.165, 1.54) is 0 Å². The molecule has 0 unspecified atom stereocenters. The van der Waals surface area contributed by atoms with Crippen molar-refractivity contribution in [3.8, 4) is 5.75 Å². The van der Waals surface area contributed by atoms with E-state index in [-0.39, 0.29) is 18.3 Å². The zero-order chi connectivity index (χ0) is 14.7. The van der Waals surface area contributed by atoms with Gasteiger partial charge in [-0.3, -0.25) is 0 Å². The van der Waals surface area contributed by atoms with E-state index in [2.05, 4.69) is 4.98 Å². The molecule has 0 fully saturated rings. The Labute approximate surface area is 117 Å². The standard InChI is InChI=1S/C15H18N2O3/c1-10(2)17-8-12(15(18)19)16-14(17)9-20-13-7-5-4-6-11(13)3/h4-8,10H,9H2,1-3H3,(H,18,19). The monoisotopic (exact) mass is 274 g/mol. The molecule has 1 aromatic carbocycles. The summed E-state index contributed by atoms with van der Waals surface area (Å²) in [7, 11) is 0. The van der Waals surface area contributed by atoms with Gasteiger partial charge in [0.1, 0.15) is 18.2 Å². The number of hydrogen-bond acceptors (Lipinski definition) is 3. The predicted molar refractivity (Wildman–Crippen MR) is 75.1 cm³/mol. The molecule has 0 aliphatic heterocycles. The van der Waals surface area contributed by atoms with Gasteiger partial charge < -0.3 is 14.4 Å². The van der Waals surface area contributed by atoms with Crippen LogP contribution in [0.25, 0.3) is 0 Å². The topological polar surface area (TPSA) is 64.3 Å². The first-order valence-corrected chi connectivity index (χ1v) is 6.48. The lowest BCUT2D eigenvalue weighted by Gasteiger charge is -2.13. The summed E-state index contributed by atoms with van der Waals surface area (Å²) in [6.45, 7) is 6.17. The van der Waals surface area contributed by atoms with E-state index < -0.39 is 5.97 Å². The van der Waals surface area contributed by atoms with Gasteiger partial charge in [0.15, 0.2) is 5.69 Å². The van der Waals surface area contributed by atoms with Crippen LogP contribution in [0.3, 0.4) is 0 Å². The summed E-state index contributed by atoms with van der Waals surface area (Å²) in [4.78, 5) is 15.1. The summed E-state index contributed by atoms with van der Waals surface area (Å²) in [6, 6.07) is 7.83. The number of hydrogen-bond donors (Lipinski definition) is 1. The maximum absolute atomic E-state index is 11.0. The highest BCUT2D eigenvalue weighted by molar-refractivity contribution is 5.85. The minimum atomic E-state index is -1.03. The number of imidazole rings is 1. The van der Waals surface area contributed by atoms with Crippen LogP contribution in [-0.2, 0) is 6.61 Å². The third-order valence-electron chi connectivity index (χ3n) is 3.03. The van der Waals surface area contributed by atoms with E-state index in [9.17, 15) is 4.79 Å². The van der Waals surface area contributed by atoms with Gasteiger partial charge in [-0.15, -0.1) is 0 Å². The quantitative estimate of drug-likeness (QED) is 0.910. The summed E-state index contributed by atoms with van der Waals surface area (Å²) in [5, 5.41) is 9.02. The molecular formula is C15H18N2O3. The minimum Gasteiger partial charge on any atom is -0.485 e. The summed E-state index contributed by atoms with van der Waals surface area (Å²) < 4.78 is 7.55. The van der Waals surface area contributed by atoms with Gasteiger partial charge in [0.25, 0.3) is 0 Å². The van der Waals surface area contributed by atoms with Crippen molar-refractivity contribution in [2.24, 2.45) is 0 Å².